The molecule has 0 aliphatic carbocycles. The number of H-pyrrole nitrogens is 2. The molecule has 3 aromatic heterocycles. The highest BCUT2D eigenvalue weighted by atomic mass is 19.1. The van der Waals surface area contributed by atoms with Crippen molar-refractivity contribution in [2.75, 3.05) is 26.9 Å². The Morgan fingerprint density at radius 1 is 1.22 bits per heavy atom. The van der Waals surface area contributed by atoms with Crippen molar-refractivity contribution >= 4 is 27.7 Å². The number of rotatable bonds is 5. The molecule has 0 bridgehead atoms. The van der Waals surface area contributed by atoms with Crippen LogP contribution >= 0.6 is 0 Å². The van der Waals surface area contributed by atoms with Crippen molar-refractivity contribution < 1.29 is 18.7 Å². The van der Waals surface area contributed by atoms with E-state index in [2.05, 4.69) is 19.9 Å². The number of aromatic amines is 2. The SMILES string of the molecule is COc1nc2ccccc2cc1-c1cnc(C2COCCN2C(=O)Cc2c(C)[nH]c3ccc(F)cc23)[nH]1. The molecule has 2 aromatic carbocycles. The largest absolute Gasteiger partial charge is 0.480 e. The normalized spacial score (nSPS) is 16.0. The number of aromatic nitrogens is 4. The first-order valence-corrected chi connectivity index (χ1v) is 12.1. The van der Waals surface area contributed by atoms with Gasteiger partial charge < -0.3 is 24.3 Å². The smallest absolute Gasteiger partial charge is 0.227 e. The van der Waals surface area contributed by atoms with Crippen molar-refractivity contribution in [1.82, 2.24) is 24.8 Å². The van der Waals surface area contributed by atoms with E-state index in [4.69, 9.17) is 9.47 Å². The van der Waals surface area contributed by atoms with Crippen molar-refractivity contribution in [3.63, 3.8) is 0 Å². The molecule has 1 aliphatic rings. The van der Waals surface area contributed by atoms with Crippen LogP contribution < -0.4 is 4.74 Å². The second kappa shape index (κ2) is 9.33. The second-order valence-corrected chi connectivity index (χ2v) is 9.19. The summed E-state index contributed by atoms with van der Waals surface area (Å²) in [6, 6.07) is 14.1. The summed E-state index contributed by atoms with van der Waals surface area (Å²) in [5, 5.41) is 1.71. The molecule has 1 amide bonds. The van der Waals surface area contributed by atoms with Crippen molar-refractivity contribution in [3.05, 3.63) is 77.6 Å². The molecule has 6 rings (SSSR count). The van der Waals surface area contributed by atoms with Crippen LogP contribution in [0.25, 0.3) is 33.1 Å². The number of pyridine rings is 1. The molecule has 2 N–H and O–H groups in total. The number of nitrogens with one attached hydrogen (secondary N) is 2. The van der Waals surface area contributed by atoms with Gasteiger partial charge in [0, 0.05) is 28.5 Å². The number of aryl methyl sites for hydroxylation is 1. The summed E-state index contributed by atoms with van der Waals surface area (Å²) in [7, 11) is 1.59. The Morgan fingerprint density at radius 3 is 2.95 bits per heavy atom. The number of benzene rings is 2. The average molecular weight is 500 g/mol. The third kappa shape index (κ3) is 4.21. The molecular weight excluding hydrogens is 473 g/mol. The van der Waals surface area contributed by atoms with Gasteiger partial charge in [0.15, 0.2) is 0 Å². The molecule has 1 unspecified atom stereocenters. The molecule has 1 aliphatic heterocycles. The predicted octanol–water partition coefficient (Wildman–Crippen LogP) is 4.70. The molecule has 1 fully saturated rings. The third-order valence-corrected chi connectivity index (χ3v) is 6.94. The zero-order valence-corrected chi connectivity index (χ0v) is 20.5. The highest BCUT2D eigenvalue weighted by molar-refractivity contribution is 5.90. The average Bonchev–Trinajstić information content (AvgIpc) is 3.52. The van der Waals surface area contributed by atoms with Crippen LogP contribution in [-0.2, 0) is 16.0 Å². The maximum absolute atomic E-state index is 13.9. The number of hydrogen-bond donors (Lipinski definition) is 2. The lowest BCUT2D eigenvalue weighted by atomic mass is 10.1. The van der Waals surface area contributed by atoms with Gasteiger partial charge in [-0.05, 0) is 42.8 Å². The Balaban J connectivity index is 1.30. The van der Waals surface area contributed by atoms with Gasteiger partial charge in [-0.1, -0.05) is 18.2 Å². The number of methoxy groups -OCH3 is 1. The predicted molar refractivity (Wildman–Crippen MR) is 138 cm³/mol. The fraction of sp³-hybridized carbons (Fsp3) is 0.250. The minimum absolute atomic E-state index is 0.0653. The Morgan fingerprint density at radius 2 is 2.08 bits per heavy atom. The number of hydrogen-bond acceptors (Lipinski definition) is 5. The van der Waals surface area contributed by atoms with Gasteiger partial charge in [-0.2, -0.15) is 0 Å². The van der Waals surface area contributed by atoms with Gasteiger partial charge in [0.2, 0.25) is 11.8 Å². The van der Waals surface area contributed by atoms with Crippen LogP contribution in [0.1, 0.15) is 23.1 Å². The van der Waals surface area contributed by atoms with Crippen molar-refractivity contribution in [2.45, 2.75) is 19.4 Å². The van der Waals surface area contributed by atoms with E-state index >= 15 is 0 Å². The van der Waals surface area contributed by atoms with Gasteiger partial charge in [0.1, 0.15) is 17.7 Å². The summed E-state index contributed by atoms with van der Waals surface area (Å²) in [5.74, 6) is 0.722. The van der Waals surface area contributed by atoms with E-state index in [-0.39, 0.29) is 24.2 Å². The van der Waals surface area contributed by atoms with Crippen LogP contribution in [-0.4, -0.2) is 57.6 Å². The Labute approximate surface area is 212 Å². The number of nitrogens with zero attached hydrogens (tertiary/aromatic N) is 3. The molecule has 1 atom stereocenters. The summed E-state index contributed by atoms with van der Waals surface area (Å²) in [6.07, 6.45) is 1.88. The summed E-state index contributed by atoms with van der Waals surface area (Å²) >= 11 is 0. The van der Waals surface area contributed by atoms with E-state index in [1.807, 2.05) is 37.3 Å². The Hall–Kier alpha value is -4.24. The molecule has 0 saturated carbocycles. The fourth-order valence-electron chi connectivity index (χ4n) is 5.05. The molecule has 4 heterocycles. The van der Waals surface area contributed by atoms with Crippen LogP contribution in [0.2, 0.25) is 0 Å². The lowest BCUT2D eigenvalue weighted by molar-refractivity contribution is -0.139. The lowest BCUT2D eigenvalue weighted by Gasteiger charge is -2.34. The lowest BCUT2D eigenvalue weighted by Crippen LogP contribution is -2.44. The molecule has 1 saturated heterocycles. The van der Waals surface area contributed by atoms with Crippen molar-refractivity contribution in [2.24, 2.45) is 0 Å². The van der Waals surface area contributed by atoms with Gasteiger partial charge in [-0.15, -0.1) is 0 Å². The van der Waals surface area contributed by atoms with Gasteiger partial charge >= 0.3 is 0 Å². The summed E-state index contributed by atoms with van der Waals surface area (Å²) in [4.78, 5) is 31.2. The quantitative estimate of drug-likeness (QED) is 0.365. The van der Waals surface area contributed by atoms with Crippen molar-refractivity contribution in [3.8, 4) is 17.1 Å². The maximum Gasteiger partial charge on any atom is 0.227 e. The first-order valence-electron chi connectivity index (χ1n) is 12.1. The number of ether oxygens (including phenoxy) is 2. The molecule has 0 spiro atoms. The number of imidazole rings is 1. The standard InChI is InChI=1S/C28H26FN5O3/c1-16-19(20-12-18(29)7-8-23(20)31-16)13-26(35)34-9-10-37-15-25(34)27-30-14-24(32-27)21-11-17-5-3-4-6-22(17)33-28(21)36-2/h3-8,11-12,14,25,31H,9-10,13,15H2,1-2H3,(H,30,32). The molecule has 0 radical (unpaired) electrons. The number of carbonyl (C=O) groups is 1. The van der Waals surface area contributed by atoms with E-state index < -0.39 is 0 Å². The summed E-state index contributed by atoms with van der Waals surface area (Å²) in [5.41, 5.74) is 4.84. The van der Waals surface area contributed by atoms with E-state index in [0.717, 1.165) is 44.3 Å². The number of morpholine rings is 1. The minimum atomic E-state index is -0.378. The molecule has 8 nitrogen and oxygen atoms in total. The Kier molecular flexibility index (Phi) is 5.84. The van der Waals surface area contributed by atoms with Gasteiger partial charge in [-0.25, -0.2) is 14.4 Å². The fourth-order valence-corrected chi connectivity index (χ4v) is 5.05. The van der Waals surface area contributed by atoms with Gasteiger partial charge in [-0.3, -0.25) is 4.79 Å². The summed E-state index contributed by atoms with van der Waals surface area (Å²) < 4.78 is 25.2. The van der Waals surface area contributed by atoms with Crippen molar-refractivity contribution in [1.29, 1.82) is 0 Å². The van der Waals surface area contributed by atoms with Crippen LogP contribution in [0.15, 0.2) is 54.7 Å². The van der Waals surface area contributed by atoms with Crippen LogP contribution in [0.4, 0.5) is 4.39 Å². The highest BCUT2D eigenvalue weighted by Crippen LogP contribution is 2.33. The monoisotopic (exact) mass is 499 g/mol. The molecule has 37 heavy (non-hydrogen) atoms. The van der Waals surface area contributed by atoms with Crippen LogP contribution in [0.3, 0.4) is 0 Å². The van der Waals surface area contributed by atoms with E-state index in [9.17, 15) is 9.18 Å². The van der Waals surface area contributed by atoms with E-state index in [0.29, 0.717) is 31.5 Å². The van der Waals surface area contributed by atoms with Crippen LogP contribution in [0.5, 0.6) is 5.88 Å². The van der Waals surface area contributed by atoms with Gasteiger partial charge in [0.25, 0.3) is 0 Å². The number of amides is 1. The first-order chi connectivity index (χ1) is 18.0. The molecule has 9 heteroatoms. The minimum Gasteiger partial charge on any atom is -0.480 e. The maximum atomic E-state index is 13.9. The number of carbonyl (C=O) groups excluding carboxylic acids is 1. The number of halogens is 1. The third-order valence-electron chi connectivity index (χ3n) is 6.94. The first kappa shape index (κ1) is 23.2. The second-order valence-electron chi connectivity index (χ2n) is 9.19. The molecule has 5 aromatic rings. The van der Waals surface area contributed by atoms with Gasteiger partial charge in [0.05, 0.1) is 49.7 Å². The van der Waals surface area contributed by atoms with E-state index in [1.165, 1.54) is 12.1 Å². The molecule has 188 valence electrons. The van der Waals surface area contributed by atoms with E-state index in [1.54, 1.807) is 24.3 Å². The summed E-state index contributed by atoms with van der Waals surface area (Å²) in [6.45, 7) is 3.12. The zero-order valence-electron chi connectivity index (χ0n) is 20.5. The topological polar surface area (TPSA) is 96.1 Å². The number of para-hydroxylation sites is 1. The Bertz CT molecular complexity index is 1630. The number of fused-ring (bicyclic) bond motifs is 2. The zero-order chi connectivity index (χ0) is 25.5. The molecular formula is C28H26FN5O3. The van der Waals surface area contributed by atoms with Crippen LogP contribution in [0, 0.1) is 12.7 Å². The highest BCUT2D eigenvalue weighted by Gasteiger charge is 2.31.